The van der Waals surface area contributed by atoms with Crippen molar-refractivity contribution < 1.29 is 29.3 Å². The van der Waals surface area contributed by atoms with Crippen LogP contribution < -0.4 is 9.47 Å². The predicted molar refractivity (Wildman–Crippen MR) is 195 cm³/mol. The van der Waals surface area contributed by atoms with E-state index in [2.05, 4.69) is 102 Å². The van der Waals surface area contributed by atoms with Crippen molar-refractivity contribution in [3.8, 4) is 11.5 Å². The monoisotopic (exact) mass is 666 g/mol. The highest BCUT2D eigenvalue weighted by Gasteiger charge is 2.44. The quantitative estimate of drug-likeness (QED) is 0.247. The van der Waals surface area contributed by atoms with Gasteiger partial charge < -0.3 is 29.5 Å². The van der Waals surface area contributed by atoms with E-state index in [9.17, 15) is 9.59 Å². The Kier molecular flexibility index (Phi) is 16.1. The van der Waals surface area contributed by atoms with Crippen LogP contribution in [0, 0.1) is 11.8 Å². The number of hydrogen-bond donors (Lipinski definition) is 2. The van der Waals surface area contributed by atoms with Gasteiger partial charge in [-0.3, -0.25) is 0 Å². The molecule has 0 bridgehead atoms. The van der Waals surface area contributed by atoms with Gasteiger partial charge in [0.2, 0.25) is 0 Å². The van der Waals surface area contributed by atoms with Gasteiger partial charge in [-0.2, -0.15) is 0 Å². The number of benzene rings is 2. The molecule has 2 aliphatic heterocycles. The summed E-state index contributed by atoms with van der Waals surface area (Å²) in [5, 5.41) is 15.6. The minimum absolute atomic E-state index is 0.301. The topological polar surface area (TPSA) is 99.5 Å². The molecule has 0 amide bonds. The molecule has 0 aliphatic carbocycles. The summed E-state index contributed by atoms with van der Waals surface area (Å²) in [5.41, 5.74) is 3.53. The van der Waals surface area contributed by atoms with E-state index < -0.39 is 11.9 Å². The summed E-state index contributed by atoms with van der Waals surface area (Å²) in [6.07, 6.45) is 8.59. The second-order valence-electron chi connectivity index (χ2n) is 14.1. The first-order chi connectivity index (χ1) is 22.7. The van der Waals surface area contributed by atoms with Crippen molar-refractivity contribution in [1.82, 2.24) is 9.80 Å². The number of methoxy groups -OCH3 is 2. The molecule has 2 saturated heterocycles. The van der Waals surface area contributed by atoms with Gasteiger partial charge in [0, 0.05) is 48.2 Å². The van der Waals surface area contributed by atoms with E-state index >= 15 is 0 Å². The number of hydrogen-bond acceptors (Lipinski definition) is 6. The molecule has 6 unspecified atom stereocenters. The van der Waals surface area contributed by atoms with Crippen LogP contribution in [0.4, 0.5) is 0 Å². The average Bonchev–Trinajstić information content (AvgIpc) is 3.06. The summed E-state index contributed by atoms with van der Waals surface area (Å²) in [5.74, 6) is 0.805. The van der Waals surface area contributed by atoms with Gasteiger partial charge in [-0.05, 0) is 101 Å². The fraction of sp³-hybridized carbons (Fsp3) is 0.600. The molecule has 0 spiro atoms. The van der Waals surface area contributed by atoms with Crippen molar-refractivity contribution in [3.05, 3.63) is 71.8 Å². The van der Waals surface area contributed by atoms with Crippen molar-refractivity contribution in [1.29, 1.82) is 0 Å². The number of carbonyl (C=O) groups is 2. The number of nitrogens with zero attached hydrogens (tertiary/aromatic N) is 2. The number of carboxylic acids is 2. The predicted octanol–water partition coefficient (Wildman–Crippen LogP) is 7.90. The summed E-state index contributed by atoms with van der Waals surface area (Å²) in [4.78, 5) is 24.1. The van der Waals surface area contributed by atoms with E-state index in [1.54, 1.807) is 14.2 Å². The molecule has 2 aromatic carbocycles. The third kappa shape index (κ3) is 10.6. The molecule has 8 heteroatoms. The third-order valence-corrected chi connectivity index (χ3v) is 10.9. The number of ether oxygens (including phenoxy) is 2. The van der Waals surface area contributed by atoms with Crippen LogP contribution >= 0.6 is 0 Å². The van der Waals surface area contributed by atoms with Crippen LogP contribution in [0.2, 0.25) is 0 Å². The van der Waals surface area contributed by atoms with Crippen molar-refractivity contribution in [2.24, 2.45) is 11.8 Å². The lowest BCUT2D eigenvalue weighted by Crippen LogP contribution is -2.51. The van der Waals surface area contributed by atoms with Crippen LogP contribution in [0.3, 0.4) is 0 Å². The van der Waals surface area contributed by atoms with E-state index in [1.807, 2.05) is 12.1 Å². The number of likely N-dealkylation sites (tertiary alicyclic amines) is 2. The molecule has 268 valence electrons. The molecule has 4 rings (SSSR count). The normalized spacial score (nSPS) is 27.6. The summed E-state index contributed by atoms with van der Waals surface area (Å²) in [6.45, 7) is 16.5. The molecule has 2 aliphatic rings. The standard InChI is InChI=1S/2C18H29NO.C4H4O4/c2*1-6-10-18(12-15(3)19(4)13-14(18)2)16-8-7-9-17(11-16)20-5;5-3(6)1-2-4(7)8/h2*7-9,11,14-15H,6,10,12-13H2,1-5H3;1-2H,(H,5,6)(H,7,8). The Morgan fingerprint density at radius 3 is 1.38 bits per heavy atom. The lowest BCUT2D eigenvalue weighted by Gasteiger charge is -2.49. The molecular formula is C40H62N2O6. The molecule has 2 N–H and O–H groups in total. The highest BCUT2D eigenvalue weighted by atomic mass is 16.5. The highest BCUT2D eigenvalue weighted by molar-refractivity contribution is 5.89. The Labute approximate surface area is 290 Å². The molecule has 0 aromatic heterocycles. The van der Waals surface area contributed by atoms with Gasteiger partial charge in [0.25, 0.3) is 0 Å². The van der Waals surface area contributed by atoms with Gasteiger partial charge in [0.05, 0.1) is 14.2 Å². The van der Waals surface area contributed by atoms with E-state index in [0.717, 1.165) is 11.5 Å². The summed E-state index contributed by atoms with van der Waals surface area (Å²) < 4.78 is 10.9. The molecular weight excluding hydrogens is 604 g/mol. The van der Waals surface area contributed by atoms with E-state index in [-0.39, 0.29) is 0 Å². The van der Waals surface area contributed by atoms with Gasteiger partial charge >= 0.3 is 11.9 Å². The molecule has 48 heavy (non-hydrogen) atoms. The summed E-state index contributed by atoms with van der Waals surface area (Å²) in [6, 6.07) is 18.8. The van der Waals surface area contributed by atoms with Crippen LogP contribution in [0.15, 0.2) is 60.7 Å². The summed E-state index contributed by atoms with van der Waals surface area (Å²) >= 11 is 0. The van der Waals surface area contributed by atoms with Crippen LogP contribution in [0.25, 0.3) is 0 Å². The zero-order valence-electron chi connectivity index (χ0n) is 31.2. The van der Waals surface area contributed by atoms with Gasteiger partial charge in [-0.25, -0.2) is 9.59 Å². The molecule has 0 saturated carbocycles. The first kappa shape index (κ1) is 40.8. The second-order valence-corrected chi connectivity index (χ2v) is 14.1. The lowest BCUT2D eigenvalue weighted by molar-refractivity contribution is -0.134. The van der Waals surface area contributed by atoms with Crippen molar-refractivity contribution in [3.63, 3.8) is 0 Å². The van der Waals surface area contributed by atoms with Crippen LogP contribution in [-0.4, -0.2) is 85.4 Å². The molecule has 2 aromatic rings. The number of aliphatic carboxylic acids is 2. The van der Waals surface area contributed by atoms with Gasteiger partial charge in [0.1, 0.15) is 11.5 Å². The fourth-order valence-corrected chi connectivity index (χ4v) is 8.03. The fourth-order valence-electron chi connectivity index (χ4n) is 8.03. The van der Waals surface area contributed by atoms with E-state index in [0.29, 0.717) is 46.9 Å². The molecule has 2 heterocycles. The Hall–Kier alpha value is -3.36. The van der Waals surface area contributed by atoms with E-state index in [4.69, 9.17) is 19.7 Å². The van der Waals surface area contributed by atoms with E-state index in [1.165, 1.54) is 62.7 Å². The minimum Gasteiger partial charge on any atom is -0.497 e. The largest absolute Gasteiger partial charge is 0.497 e. The maximum absolute atomic E-state index is 9.55. The molecule has 2 fully saturated rings. The maximum Gasteiger partial charge on any atom is 0.328 e. The molecule has 8 nitrogen and oxygen atoms in total. The Balaban J connectivity index is 0.000000274. The smallest absolute Gasteiger partial charge is 0.328 e. The first-order valence-electron chi connectivity index (χ1n) is 17.5. The van der Waals surface area contributed by atoms with Gasteiger partial charge in [-0.15, -0.1) is 0 Å². The third-order valence-electron chi connectivity index (χ3n) is 10.9. The zero-order chi connectivity index (χ0) is 36.1. The Bertz CT molecular complexity index is 1230. The van der Waals surface area contributed by atoms with Crippen molar-refractivity contribution in [2.75, 3.05) is 41.4 Å². The van der Waals surface area contributed by atoms with Gasteiger partial charge in [-0.1, -0.05) is 64.8 Å². The summed E-state index contributed by atoms with van der Waals surface area (Å²) in [7, 11) is 8.02. The lowest BCUT2D eigenvalue weighted by atomic mass is 9.62. The van der Waals surface area contributed by atoms with Crippen molar-refractivity contribution >= 4 is 11.9 Å². The highest BCUT2D eigenvalue weighted by Crippen LogP contribution is 2.47. The maximum atomic E-state index is 9.55. The van der Waals surface area contributed by atoms with Gasteiger partial charge in [0.15, 0.2) is 0 Å². The zero-order valence-corrected chi connectivity index (χ0v) is 31.2. The molecule has 6 atom stereocenters. The van der Waals surface area contributed by atoms with Crippen LogP contribution in [-0.2, 0) is 20.4 Å². The average molecular weight is 667 g/mol. The number of carboxylic acid groups (broad SMARTS) is 2. The minimum atomic E-state index is -1.26. The Morgan fingerprint density at radius 1 is 0.729 bits per heavy atom. The molecule has 0 radical (unpaired) electrons. The van der Waals surface area contributed by atoms with Crippen LogP contribution in [0.1, 0.15) is 91.2 Å². The SMILES string of the molecule is CCCC1(c2cccc(OC)c2)CC(C)N(C)CC1C.CCCC1(c2cccc(OC)c2)CC(C)N(C)CC1C.O=C(O)C=CC(=O)O. The second kappa shape index (κ2) is 19.0. The first-order valence-corrected chi connectivity index (χ1v) is 17.5. The van der Waals surface area contributed by atoms with Crippen molar-refractivity contribution in [2.45, 2.75) is 103 Å². The number of piperidine rings is 2. The Morgan fingerprint density at radius 2 is 1.08 bits per heavy atom. The number of rotatable bonds is 10. The van der Waals surface area contributed by atoms with Crippen LogP contribution in [0.5, 0.6) is 11.5 Å².